The Morgan fingerprint density at radius 2 is 1.90 bits per heavy atom. The molecule has 1 heterocycles. The van der Waals surface area contributed by atoms with Gasteiger partial charge < -0.3 is 9.47 Å². The molecule has 0 bridgehead atoms. The fourth-order valence-corrected chi connectivity index (χ4v) is 5.26. The molecule has 164 valence electrons. The predicted octanol–water partition coefficient (Wildman–Crippen LogP) is 4.76. The average Bonchev–Trinajstić information content (AvgIpc) is 2.80. The van der Waals surface area contributed by atoms with Crippen molar-refractivity contribution in [3.05, 3.63) is 40.8 Å². The summed E-state index contributed by atoms with van der Waals surface area (Å²) in [6.45, 7) is 5.94. The number of carbonyl (C=O) groups is 1. The Morgan fingerprint density at radius 1 is 1.23 bits per heavy atom. The lowest BCUT2D eigenvalue weighted by molar-refractivity contribution is 0.0699. The molecule has 1 aliphatic heterocycles. The van der Waals surface area contributed by atoms with E-state index in [-0.39, 0.29) is 5.56 Å². The second-order valence-corrected chi connectivity index (χ2v) is 8.66. The minimum Gasteiger partial charge on any atom is -0.493 e. The normalized spacial score (nSPS) is 15.4. The SMILES string of the molecule is C#C.C/C=C\C(=C/C)SC1CCN(Sc2ccc(OC)c(OC)c2C(=O)NO)CC1. The quantitative estimate of drug-likeness (QED) is 0.195. The summed E-state index contributed by atoms with van der Waals surface area (Å²) in [5, 5.41) is 9.74. The number of nitrogens with one attached hydrogen (secondary N) is 1. The highest BCUT2D eigenvalue weighted by Gasteiger charge is 2.26. The Hall–Kier alpha value is -2.05. The summed E-state index contributed by atoms with van der Waals surface area (Å²) in [5.74, 6) is 0.143. The first kappa shape index (κ1) is 26.0. The summed E-state index contributed by atoms with van der Waals surface area (Å²) in [5.41, 5.74) is 1.98. The molecule has 1 aromatic carbocycles. The van der Waals surface area contributed by atoms with Gasteiger partial charge in [0.25, 0.3) is 5.91 Å². The van der Waals surface area contributed by atoms with Crippen LogP contribution in [-0.4, -0.2) is 48.0 Å². The van der Waals surface area contributed by atoms with E-state index in [2.05, 4.69) is 42.3 Å². The van der Waals surface area contributed by atoms with Gasteiger partial charge >= 0.3 is 0 Å². The molecule has 1 fully saturated rings. The van der Waals surface area contributed by atoms with Crippen LogP contribution in [0.5, 0.6) is 11.5 Å². The summed E-state index contributed by atoms with van der Waals surface area (Å²) in [6.07, 6.45) is 16.5. The zero-order chi connectivity index (χ0) is 22.5. The molecular weight excluding hydrogens is 420 g/mol. The van der Waals surface area contributed by atoms with Gasteiger partial charge in [0.2, 0.25) is 0 Å². The molecule has 1 amide bonds. The third kappa shape index (κ3) is 7.03. The Balaban J connectivity index is 0.00000218. The molecule has 2 rings (SSSR count). The number of methoxy groups -OCH3 is 2. The lowest BCUT2D eigenvalue weighted by atomic mass is 10.1. The molecule has 2 N–H and O–H groups in total. The molecule has 0 aliphatic carbocycles. The van der Waals surface area contributed by atoms with Crippen LogP contribution >= 0.6 is 23.7 Å². The number of piperidine rings is 1. The number of carbonyl (C=O) groups excluding carboxylic acids is 1. The van der Waals surface area contributed by atoms with Gasteiger partial charge in [0.15, 0.2) is 11.5 Å². The van der Waals surface area contributed by atoms with Crippen molar-refractivity contribution in [1.82, 2.24) is 9.79 Å². The maximum atomic E-state index is 12.2. The molecule has 1 aromatic rings. The second-order valence-electron chi connectivity index (χ2n) is 6.14. The van der Waals surface area contributed by atoms with Crippen molar-refractivity contribution in [1.29, 1.82) is 0 Å². The smallest absolute Gasteiger partial charge is 0.279 e. The number of hydroxylamine groups is 1. The number of thioether (sulfide) groups is 1. The number of hydrogen-bond acceptors (Lipinski definition) is 7. The number of amides is 1. The van der Waals surface area contributed by atoms with Crippen molar-refractivity contribution < 1.29 is 19.5 Å². The first-order chi connectivity index (χ1) is 14.6. The van der Waals surface area contributed by atoms with E-state index in [1.807, 2.05) is 24.8 Å². The number of terminal acetylenes is 1. The van der Waals surface area contributed by atoms with E-state index in [9.17, 15) is 4.79 Å². The minimum absolute atomic E-state index is 0.273. The Morgan fingerprint density at radius 3 is 2.40 bits per heavy atom. The first-order valence-electron chi connectivity index (χ1n) is 9.49. The fourth-order valence-electron chi connectivity index (χ4n) is 3.00. The first-order valence-corrected chi connectivity index (χ1v) is 11.1. The summed E-state index contributed by atoms with van der Waals surface area (Å²) >= 11 is 3.43. The van der Waals surface area contributed by atoms with Crippen molar-refractivity contribution >= 4 is 29.6 Å². The van der Waals surface area contributed by atoms with Crippen molar-refractivity contribution in [2.45, 2.75) is 36.8 Å². The zero-order valence-electron chi connectivity index (χ0n) is 17.9. The van der Waals surface area contributed by atoms with E-state index in [0.29, 0.717) is 16.7 Å². The molecule has 6 nitrogen and oxygen atoms in total. The Labute approximate surface area is 188 Å². The highest BCUT2D eigenvalue weighted by Crippen LogP contribution is 2.40. The number of benzene rings is 1. The van der Waals surface area contributed by atoms with Crippen LogP contribution in [0.1, 0.15) is 37.0 Å². The van der Waals surface area contributed by atoms with Gasteiger partial charge in [0, 0.05) is 28.1 Å². The van der Waals surface area contributed by atoms with Gasteiger partial charge in [-0.05, 0) is 50.8 Å². The van der Waals surface area contributed by atoms with Gasteiger partial charge in [0.05, 0.1) is 14.2 Å². The van der Waals surface area contributed by atoms with Gasteiger partial charge in [-0.25, -0.2) is 9.79 Å². The van der Waals surface area contributed by atoms with E-state index in [1.54, 1.807) is 11.5 Å². The molecule has 1 saturated heterocycles. The summed E-state index contributed by atoms with van der Waals surface area (Å²) in [4.78, 5) is 14.3. The Kier molecular flexibility index (Phi) is 12.2. The second kappa shape index (κ2) is 14.0. The fraction of sp³-hybridized carbons (Fsp3) is 0.409. The van der Waals surface area contributed by atoms with Gasteiger partial charge in [-0.15, -0.1) is 24.6 Å². The molecule has 0 atom stereocenters. The van der Waals surface area contributed by atoms with Crippen LogP contribution < -0.4 is 15.0 Å². The molecule has 0 radical (unpaired) electrons. The van der Waals surface area contributed by atoms with E-state index >= 15 is 0 Å². The molecule has 0 saturated carbocycles. The predicted molar refractivity (Wildman–Crippen MR) is 125 cm³/mol. The summed E-state index contributed by atoms with van der Waals surface area (Å²) in [6, 6.07) is 3.59. The molecule has 8 heteroatoms. The van der Waals surface area contributed by atoms with Crippen molar-refractivity contribution in [3.8, 4) is 24.3 Å². The summed E-state index contributed by atoms with van der Waals surface area (Å²) < 4.78 is 12.9. The van der Waals surface area contributed by atoms with Crippen molar-refractivity contribution in [3.63, 3.8) is 0 Å². The largest absolute Gasteiger partial charge is 0.493 e. The lowest BCUT2D eigenvalue weighted by Gasteiger charge is -2.31. The van der Waals surface area contributed by atoms with Crippen LogP contribution in [0.4, 0.5) is 0 Å². The molecular formula is C22H30N2O4S2. The molecule has 30 heavy (non-hydrogen) atoms. The Bertz CT molecular complexity index is 770. The maximum absolute atomic E-state index is 12.2. The van der Waals surface area contributed by atoms with Crippen LogP contribution in [0.3, 0.4) is 0 Å². The zero-order valence-corrected chi connectivity index (χ0v) is 19.5. The van der Waals surface area contributed by atoms with Gasteiger partial charge in [-0.3, -0.25) is 10.0 Å². The maximum Gasteiger partial charge on any atom is 0.279 e. The number of nitrogens with zero attached hydrogens (tertiary/aromatic N) is 1. The van der Waals surface area contributed by atoms with Gasteiger partial charge in [0.1, 0.15) is 5.56 Å². The van der Waals surface area contributed by atoms with E-state index in [0.717, 1.165) is 30.8 Å². The molecule has 0 unspecified atom stereocenters. The molecule has 0 spiro atoms. The van der Waals surface area contributed by atoms with Crippen LogP contribution in [0.15, 0.2) is 40.2 Å². The van der Waals surface area contributed by atoms with Gasteiger partial charge in [-0.1, -0.05) is 18.2 Å². The van der Waals surface area contributed by atoms with Crippen LogP contribution in [0.25, 0.3) is 0 Å². The van der Waals surface area contributed by atoms with E-state index < -0.39 is 5.91 Å². The van der Waals surface area contributed by atoms with Gasteiger partial charge in [-0.2, -0.15) is 0 Å². The molecule has 1 aliphatic rings. The minimum atomic E-state index is -0.618. The monoisotopic (exact) mass is 450 g/mol. The highest BCUT2D eigenvalue weighted by atomic mass is 32.2. The topological polar surface area (TPSA) is 71.0 Å². The van der Waals surface area contributed by atoms with Crippen molar-refractivity contribution in [2.75, 3.05) is 27.3 Å². The van der Waals surface area contributed by atoms with E-state index in [1.165, 1.54) is 31.1 Å². The summed E-state index contributed by atoms with van der Waals surface area (Å²) in [7, 11) is 2.99. The highest BCUT2D eigenvalue weighted by molar-refractivity contribution is 8.03. The average molecular weight is 451 g/mol. The third-order valence-corrected chi connectivity index (χ3v) is 6.99. The van der Waals surface area contributed by atoms with Crippen molar-refractivity contribution in [2.24, 2.45) is 0 Å². The standard InChI is InChI=1S/C20H28N2O4S2.C2H2/c1-5-7-14(6-2)27-15-10-12-22(13-11-15)28-17-9-8-16(25-3)19(26-4)18(17)20(23)21-24;1-2/h5-9,15,24H,10-13H2,1-4H3,(H,21,23);1-2H/b7-5-,14-6+;. The number of rotatable bonds is 8. The third-order valence-electron chi connectivity index (χ3n) is 4.38. The van der Waals surface area contributed by atoms with Crippen LogP contribution in [0, 0.1) is 12.8 Å². The van der Waals surface area contributed by atoms with Crippen LogP contribution in [0.2, 0.25) is 0 Å². The molecule has 0 aromatic heterocycles. The number of ether oxygens (including phenoxy) is 2. The lowest BCUT2D eigenvalue weighted by Crippen LogP contribution is -2.30. The van der Waals surface area contributed by atoms with E-state index in [4.69, 9.17) is 14.7 Å². The number of hydrogen-bond donors (Lipinski definition) is 2. The van der Waals surface area contributed by atoms with Crippen LogP contribution in [-0.2, 0) is 0 Å². The number of allylic oxidation sites excluding steroid dienone is 3.